The van der Waals surface area contributed by atoms with Crippen LogP contribution in [-0.4, -0.2) is 42.2 Å². The molecule has 0 spiro atoms. The fourth-order valence-electron chi connectivity index (χ4n) is 3.43. The van der Waals surface area contributed by atoms with Crippen LogP contribution in [0.5, 0.6) is 5.75 Å². The summed E-state index contributed by atoms with van der Waals surface area (Å²) in [5.74, 6) is 0.764. The van der Waals surface area contributed by atoms with Gasteiger partial charge in [0.1, 0.15) is 24.0 Å². The van der Waals surface area contributed by atoms with Gasteiger partial charge in [0.2, 0.25) is 0 Å². The molecule has 0 unspecified atom stereocenters. The van der Waals surface area contributed by atoms with Gasteiger partial charge in [-0.15, -0.1) is 0 Å². The first-order chi connectivity index (χ1) is 13.3. The van der Waals surface area contributed by atoms with E-state index < -0.39 is 5.60 Å². The number of hydrogen-bond donors (Lipinski definition) is 0. The largest absolute Gasteiger partial charge is 0.491 e. The van der Waals surface area contributed by atoms with Gasteiger partial charge in [-0.1, -0.05) is 36.4 Å². The van der Waals surface area contributed by atoms with Crippen LogP contribution in [0.1, 0.15) is 33.6 Å². The molecule has 0 saturated carbocycles. The first-order valence-electron chi connectivity index (χ1n) is 9.78. The molecule has 1 atom stereocenters. The summed E-state index contributed by atoms with van der Waals surface area (Å²) in [4.78, 5) is 14.6. The van der Waals surface area contributed by atoms with Crippen LogP contribution in [0.15, 0.2) is 48.5 Å². The van der Waals surface area contributed by atoms with Crippen LogP contribution in [0.3, 0.4) is 0 Å². The highest BCUT2D eigenvalue weighted by molar-refractivity contribution is 14.1. The summed E-state index contributed by atoms with van der Waals surface area (Å²) < 4.78 is 12.7. The molecule has 0 amide bonds. The Labute approximate surface area is 181 Å². The lowest BCUT2D eigenvalue weighted by molar-refractivity contribution is -0.160. The molecular formula is C23H28INO3. The monoisotopic (exact) mass is 493 g/mol. The van der Waals surface area contributed by atoms with E-state index in [0.29, 0.717) is 6.61 Å². The predicted molar refractivity (Wildman–Crippen MR) is 121 cm³/mol. The molecule has 1 saturated heterocycles. The molecule has 1 aliphatic rings. The van der Waals surface area contributed by atoms with Crippen molar-refractivity contribution in [2.75, 3.05) is 19.7 Å². The number of carbonyl (C=O) groups excluding carboxylic acids is 1. The molecule has 28 heavy (non-hydrogen) atoms. The van der Waals surface area contributed by atoms with E-state index in [1.165, 1.54) is 11.1 Å². The third-order valence-corrected chi connectivity index (χ3v) is 5.56. The van der Waals surface area contributed by atoms with Crippen molar-refractivity contribution in [2.24, 2.45) is 0 Å². The van der Waals surface area contributed by atoms with Crippen molar-refractivity contribution in [3.05, 3.63) is 52.1 Å². The minimum Gasteiger partial charge on any atom is -0.491 e. The average Bonchev–Trinajstić information content (AvgIpc) is 3.11. The molecule has 0 N–H and O–H groups in total. The Morgan fingerprint density at radius 2 is 1.89 bits per heavy atom. The van der Waals surface area contributed by atoms with Crippen molar-refractivity contribution in [2.45, 2.75) is 45.3 Å². The molecule has 3 rings (SSSR count). The molecule has 0 aliphatic carbocycles. The van der Waals surface area contributed by atoms with Crippen molar-refractivity contribution in [3.63, 3.8) is 0 Å². The first-order valence-corrected chi connectivity index (χ1v) is 10.9. The van der Waals surface area contributed by atoms with E-state index in [-0.39, 0.29) is 12.0 Å². The van der Waals surface area contributed by atoms with Gasteiger partial charge in [-0.05, 0) is 86.0 Å². The first kappa shape index (κ1) is 21.1. The van der Waals surface area contributed by atoms with Gasteiger partial charge < -0.3 is 9.47 Å². The molecule has 4 nitrogen and oxygen atoms in total. The van der Waals surface area contributed by atoms with Crippen LogP contribution in [0.4, 0.5) is 0 Å². The number of likely N-dealkylation sites (tertiary alicyclic amines) is 1. The van der Waals surface area contributed by atoms with Gasteiger partial charge in [0.05, 0.1) is 3.57 Å². The quantitative estimate of drug-likeness (QED) is 0.413. The molecule has 2 aromatic carbocycles. The topological polar surface area (TPSA) is 38.8 Å². The second kappa shape index (κ2) is 9.27. The van der Waals surface area contributed by atoms with E-state index >= 15 is 0 Å². The SMILES string of the molecule is CC(C)(C)OC(=O)[C@@H]1CCCN1CCOc1ccc(-c2ccccc2)cc1I. The van der Waals surface area contributed by atoms with Crippen molar-refractivity contribution in [1.82, 2.24) is 4.90 Å². The second-order valence-corrected chi connectivity index (χ2v) is 9.25. The average molecular weight is 493 g/mol. The van der Waals surface area contributed by atoms with Crippen LogP contribution >= 0.6 is 22.6 Å². The van der Waals surface area contributed by atoms with Crippen molar-refractivity contribution >= 4 is 28.6 Å². The summed E-state index contributed by atoms with van der Waals surface area (Å²) in [5, 5.41) is 0. The molecular weight excluding hydrogens is 465 g/mol. The summed E-state index contributed by atoms with van der Waals surface area (Å²) in [6.07, 6.45) is 1.88. The Morgan fingerprint density at radius 1 is 1.14 bits per heavy atom. The van der Waals surface area contributed by atoms with Crippen LogP contribution in [0.2, 0.25) is 0 Å². The number of esters is 1. The normalized spacial score (nSPS) is 17.5. The third-order valence-electron chi connectivity index (χ3n) is 4.72. The van der Waals surface area contributed by atoms with E-state index in [9.17, 15) is 4.79 Å². The number of rotatable bonds is 6. The van der Waals surface area contributed by atoms with Crippen LogP contribution < -0.4 is 4.74 Å². The summed E-state index contributed by atoms with van der Waals surface area (Å²) in [6.45, 7) is 7.93. The fourth-order valence-corrected chi connectivity index (χ4v) is 4.10. The van der Waals surface area contributed by atoms with E-state index in [2.05, 4.69) is 51.8 Å². The van der Waals surface area contributed by atoms with E-state index in [1.54, 1.807) is 0 Å². The molecule has 5 heteroatoms. The standard InChI is InChI=1S/C23H28INO3/c1-23(2,3)28-22(26)20-10-7-13-25(20)14-15-27-21-12-11-18(16-19(21)24)17-8-5-4-6-9-17/h4-6,8-9,11-12,16,20H,7,10,13-15H2,1-3H3/t20-/m0/s1. The van der Waals surface area contributed by atoms with Gasteiger partial charge in [0.25, 0.3) is 0 Å². The van der Waals surface area contributed by atoms with Crippen molar-refractivity contribution in [3.8, 4) is 16.9 Å². The number of benzene rings is 2. The molecule has 1 aliphatic heterocycles. The summed E-state index contributed by atoms with van der Waals surface area (Å²) in [6, 6.07) is 16.4. The minimum atomic E-state index is -0.446. The van der Waals surface area contributed by atoms with Gasteiger partial charge in [0.15, 0.2) is 0 Å². The van der Waals surface area contributed by atoms with Gasteiger partial charge in [-0.25, -0.2) is 0 Å². The highest BCUT2D eigenvalue weighted by atomic mass is 127. The molecule has 0 radical (unpaired) electrons. The van der Waals surface area contributed by atoms with Crippen LogP contribution in [-0.2, 0) is 9.53 Å². The molecule has 0 aromatic heterocycles. The Kier molecular flexibility index (Phi) is 6.99. The summed E-state index contributed by atoms with van der Waals surface area (Å²) in [5.41, 5.74) is 1.93. The number of hydrogen-bond acceptors (Lipinski definition) is 4. The zero-order chi connectivity index (χ0) is 20.1. The maximum Gasteiger partial charge on any atom is 0.323 e. The lowest BCUT2D eigenvalue weighted by Gasteiger charge is -2.27. The number of nitrogens with zero attached hydrogens (tertiary/aromatic N) is 1. The number of ether oxygens (including phenoxy) is 2. The summed E-state index contributed by atoms with van der Waals surface area (Å²) in [7, 11) is 0. The van der Waals surface area contributed by atoms with Crippen molar-refractivity contribution < 1.29 is 14.3 Å². The molecule has 150 valence electrons. The summed E-state index contributed by atoms with van der Waals surface area (Å²) >= 11 is 2.32. The molecule has 1 fully saturated rings. The Hall–Kier alpha value is -1.60. The van der Waals surface area contributed by atoms with E-state index in [4.69, 9.17) is 9.47 Å². The van der Waals surface area contributed by atoms with Crippen LogP contribution in [0, 0.1) is 3.57 Å². The highest BCUT2D eigenvalue weighted by Crippen LogP contribution is 2.28. The predicted octanol–water partition coefficient (Wildman–Crippen LogP) is 5.14. The zero-order valence-corrected chi connectivity index (χ0v) is 18.9. The zero-order valence-electron chi connectivity index (χ0n) is 16.8. The molecule has 0 bridgehead atoms. The maximum atomic E-state index is 12.4. The molecule has 1 heterocycles. The van der Waals surface area contributed by atoms with Gasteiger partial charge >= 0.3 is 5.97 Å². The lowest BCUT2D eigenvalue weighted by atomic mass is 10.1. The highest BCUT2D eigenvalue weighted by Gasteiger charge is 2.33. The number of halogens is 1. The Bertz CT molecular complexity index is 801. The van der Waals surface area contributed by atoms with E-state index in [1.807, 2.05) is 45.0 Å². The molecule has 2 aromatic rings. The number of carbonyl (C=O) groups is 1. The van der Waals surface area contributed by atoms with Gasteiger partial charge in [-0.2, -0.15) is 0 Å². The minimum absolute atomic E-state index is 0.119. The third kappa shape index (κ3) is 5.70. The maximum absolute atomic E-state index is 12.4. The smallest absolute Gasteiger partial charge is 0.323 e. The Balaban J connectivity index is 1.55. The lowest BCUT2D eigenvalue weighted by Crippen LogP contribution is -2.42. The Morgan fingerprint density at radius 3 is 2.57 bits per heavy atom. The fraction of sp³-hybridized carbons (Fsp3) is 0.435. The van der Waals surface area contributed by atoms with Crippen molar-refractivity contribution in [1.29, 1.82) is 0 Å². The van der Waals surface area contributed by atoms with Gasteiger partial charge in [-0.3, -0.25) is 9.69 Å². The van der Waals surface area contributed by atoms with Gasteiger partial charge in [0, 0.05) is 6.54 Å². The second-order valence-electron chi connectivity index (χ2n) is 8.09. The van der Waals surface area contributed by atoms with E-state index in [0.717, 1.165) is 35.3 Å². The van der Waals surface area contributed by atoms with Crippen LogP contribution in [0.25, 0.3) is 11.1 Å².